The molecule has 0 bridgehead atoms. The Hall–Kier alpha value is -4.34. The molecule has 1 saturated carbocycles. The molecule has 3 atom stereocenters. The molecule has 3 aromatic carbocycles. The predicted octanol–water partition coefficient (Wildman–Crippen LogP) is 6.77. The van der Waals surface area contributed by atoms with Crippen molar-refractivity contribution in [3.63, 3.8) is 0 Å². The average Bonchev–Trinajstić information content (AvgIpc) is 3.43. The first-order chi connectivity index (χ1) is 20.0. The van der Waals surface area contributed by atoms with Gasteiger partial charge in [-0.25, -0.2) is 0 Å². The lowest BCUT2D eigenvalue weighted by molar-refractivity contribution is -0.274. The highest BCUT2D eigenvalue weighted by atomic mass is 19.4. The first kappa shape index (κ1) is 29.2. The standard InChI is InChI=1S/C32H31F3N2O5/c1-20-11-13-21(14-12-20)30(40)36(19-5-10-28(38)39)29-24-6-2-3-8-26(24)37(27-9-4-7-25(27)29)31(41)22-15-17-23(18-16-22)42-32(33,34)35/h2-3,6,8,11-18,25,27,29H,4-5,7,9-10,19H2,1H3,(H,38,39)/t25-,27+,29-/m0/s1. The van der Waals surface area contributed by atoms with Gasteiger partial charge in [-0.05, 0) is 74.2 Å². The number of carboxylic acid groups (broad SMARTS) is 1. The van der Waals surface area contributed by atoms with Crippen molar-refractivity contribution in [2.75, 3.05) is 11.4 Å². The number of carboxylic acids is 1. The highest BCUT2D eigenvalue weighted by Gasteiger charge is 2.48. The average molecular weight is 581 g/mol. The minimum atomic E-state index is -4.84. The molecule has 0 radical (unpaired) electrons. The van der Waals surface area contributed by atoms with Crippen molar-refractivity contribution < 1.29 is 37.4 Å². The number of hydrogen-bond acceptors (Lipinski definition) is 4. The number of amides is 2. The Balaban J connectivity index is 1.53. The van der Waals surface area contributed by atoms with Crippen LogP contribution in [-0.2, 0) is 4.79 Å². The molecule has 0 unspecified atom stereocenters. The van der Waals surface area contributed by atoms with Crippen LogP contribution in [0.25, 0.3) is 0 Å². The van der Waals surface area contributed by atoms with Crippen molar-refractivity contribution in [1.82, 2.24) is 4.90 Å². The summed E-state index contributed by atoms with van der Waals surface area (Å²) in [6.07, 6.45) is -2.38. The fourth-order valence-electron chi connectivity index (χ4n) is 6.25. The lowest BCUT2D eigenvalue weighted by Gasteiger charge is -2.47. The number of carbonyl (C=O) groups is 3. The van der Waals surface area contributed by atoms with Crippen molar-refractivity contribution >= 4 is 23.5 Å². The van der Waals surface area contributed by atoms with Crippen LogP contribution < -0.4 is 9.64 Å². The third kappa shape index (κ3) is 6.12. The summed E-state index contributed by atoms with van der Waals surface area (Å²) in [5.74, 6) is -2.02. The number of benzene rings is 3. The van der Waals surface area contributed by atoms with Crippen LogP contribution in [0.1, 0.15) is 70.0 Å². The third-order valence-corrected chi connectivity index (χ3v) is 8.02. The first-order valence-electron chi connectivity index (χ1n) is 13.9. The number of alkyl halides is 3. The maximum absolute atomic E-state index is 14.0. The minimum absolute atomic E-state index is 0.0845. The zero-order chi connectivity index (χ0) is 30.0. The molecule has 3 aromatic rings. The molecule has 1 fully saturated rings. The van der Waals surface area contributed by atoms with E-state index in [4.69, 9.17) is 0 Å². The molecule has 1 aliphatic carbocycles. The van der Waals surface area contributed by atoms with Crippen LogP contribution in [0.15, 0.2) is 72.8 Å². The third-order valence-electron chi connectivity index (χ3n) is 8.02. The Labute approximate surface area is 241 Å². The molecule has 0 spiro atoms. The smallest absolute Gasteiger partial charge is 0.481 e. The van der Waals surface area contributed by atoms with Crippen molar-refractivity contribution in [1.29, 1.82) is 0 Å². The number of halogens is 3. The predicted molar refractivity (Wildman–Crippen MR) is 149 cm³/mol. The maximum Gasteiger partial charge on any atom is 0.573 e. The fourth-order valence-corrected chi connectivity index (χ4v) is 6.25. The molecule has 1 heterocycles. The summed E-state index contributed by atoms with van der Waals surface area (Å²) in [5, 5.41) is 9.30. The van der Waals surface area contributed by atoms with Crippen LogP contribution in [0.3, 0.4) is 0 Å². The quantitative estimate of drug-likeness (QED) is 0.318. The molecule has 42 heavy (non-hydrogen) atoms. The molecule has 1 N–H and O–H groups in total. The van der Waals surface area contributed by atoms with E-state index >= 15 is 0 Å². The van der Waals surface area contributed by atoms with Gasteiger partial charge in [0.1, 0.15) is 5.75 Å². The first-order valence-corrected chi connectivity index (χ1v) is 13.9. The number of carbonyl (C=O) groups excluding carboxylic acids is 2. The zero-order valence-electron chi connectivity index (χ0n) is 23.0. The number of fused-ring (bicyclic) bond motifs is 2. The van der Waals surface area contributed by atoms with Gasteiger partial charge in [0, 0.05) is 41.7 Å². The molecule has 220 valence electrons. The number of hydrogen-bond donors (Lipinski definition) is 1. The summed E-state index contributed by atoms with van der Waals surface area (Å²) in [4.78, 5) is 42.8. The van der Waals surface area contributed by atoms with Gasteiger partial charge >= 0.3 is 12.3 Å². The van der Waals surface area contributed by atoms with Gasteiger partial charge in [-0.1, -0.05) is 42.3 Å². The number of aryl methyl sites for hydroxylation is 1. The van der Waals surface area contributed by atoms with Gasteiger partial charge in [0.25, 0.3) is 11.8 Å². The molecule has 7 nitrogen and oxygen atoms in total. The number of ether oxygens (including phenoxy) is 1. The summed E-state index contributed by atoms with van der Waals surface area (Å²) < 4.78 is 41.9. The van der Waals surface area contributed by atoms with Crippen molar-refractivity contribution in [3.8, 4) is 5.75 Å². The van der Waals surface area contributed by atoms with E-state index in [1.165, 1.54) is 12.1 Å². The molecule has 1 aliphatic heterocycles. The zero-order valence-corrected chi connectivity index (χ0v) is 23.0. The van der Waals surface area contributed by atoms with Crippen LogP contribution in [0.5, 0.6) is 5.75 Å². The highest BCUT2D eigenvalue weighted by molar-refractivity contribution is 6.07. The Bertz CT molecular complexity index is 1460. The topological polar surface area (TPSA) is 87.2 Å². The molecule has 5 rings (SSSR count). The van der Waals surface area contributed by atoms with E-state index in [9.17, 15) is 32.7 Å². The van der Waals surface area contributed by atoms with E-state index in [-0.39, 0.29) is 54.8 Å². The number of anilines is 1. The normalized spacial score (nSPS) is 19.5. The molecular weight excluding hydrogens is 549 g/mol. The summed E-state index contributed by atoms with van der Waals surface area (Å²) >= 11 is 0. The van der Waals surface area contributed by atoms with Gasteiger partial charge in [-0.3, -0.25) is 14.4 Å². The van der Waals surface area contributed by atoms with Crippen molar-refractivity contribution in [3.05, 3.63) is 95.1 Å². The lowest BCUT2D eigenvalue weighted by atomic mass is 9.81. The SMILES string of the molecule is Cc1ccc(C(=O)N(CCCC(=O)O)[C@H]2c3ccccc3N(C(=O)c3ccc(OC(F)(F)F)cc3)[C@@H]3CCC[C@@H]32)cc1. The number of rotatable bonds is 8. The van der Waals surface area contributed by atoms with Crippen LogP contribution in [0, 0.1) is 12.8 Å². The van der Waals surface area contributed by atoms with Gasteiger partial charge < -0.3 is 19.6 Å². The van der Waals surface area contributed by atoms with Crippen LogP contribution in [0.2, 0.25) is 0 Å². The Morgan fingerprint density at radius 3 is 2.29 bits per heavy atom. The van der Waals surface area contributed by atoms with Gasteiger partial charge in [0.2, 0.25) is 0 Å². The fraction of sp³-hybridized carbons (Fsp3) is 0.344. The monoisotopic (exact) mass is 580 g/mol. The Kier molecular flexibility index (Phi) is 8.24. The van der Waals surface area contributed by atoms with E-state index < -0.39 is 18.1 Å². The summed E-state index contributed by atoms with van der Waals surface area (Å²) in [7, 11) is 0. The second-order valence-electron chi connectivity index (χ2n) is 10.8. The molecule has 2 amide bonds. The molecule has 0 aromatic heterocycles. The van der Waals surface area contributed by atoms with E-state index in [1.54, 1.807) is 21.9 Å². The van der Waals surface area contributed by atoms with Crippen LogP contribution in [0.4, 0.5) is 18.9 Å². The Morgan fingerprint density at radius 2 is 1.62 bits per heavy atom. The lowest BCUT2D eigenvalue weighted by Crippen LogP contribution is -2.52. The van der Waals surface area contributed by atoms with Gasteiger partial charge in [-0.2, -0.15) is 0 Å². The number of para-hydroxylation sites is 1. The van der Waals surface area contributed by atoms with E-state index in [0.717, 1.165) is 36.1 Å². The summed E-state index contributed by atoms with van der Waals surface area (Å²) in [5.41, 5.74) is 3.14. The summed E-state index contributed by atoms with van der Waals surface area (Å²) in [6.45, 7) is 2.16. The minimum Gasteiger partial charge on any atom is -0.481 e. The Morgan fingerprint density at radius 1 is 0.952 bits per heavy atom. The van der Waals surface area contributed by atoms with E-state index in [2.05, 4.69) is 4.74 Å². The van der Waals surface area contributed by atoms with Crippen LogP contribution in [-0.4, -0.2) is 46.7 Å². The van der Waals surface area contributed by atoms with Crippen molar-refractivity contribution in [2.24, 2.45) is 5.92 Å². The second kappa shape index (κ2) is 11.9. The molecule has 0 saturated heterocycles. The van der Waals surface area contributed by atoms with Crippen LogP contribution >= 0.6 is 0 Å². The molecule has 2 aliphatic rings. The highest BCUT2D eigenvalue weighted by Crippen LogP contribution is 2.51. The molecule has 10 heteroatoms. The number of aliphatic carboxylic acids is 1. The van der Waals surface area contributed by atoms with E-state index in [1.807, 2.05) is 43.3 Å². The van der Waals surface area contributed by atoms with Gasteiger partial charge in [-0.15, -0.1) is 13.2 Å². The van der Waals surface area contributed by atoms with Gasteiger partial charge in [0.05, 0.1) is 6.04 Å². The largest absolute Gasteiger partial charge is 0.573 e. The maximum atomic E-state index is 14.0. The number of nitrogens with zero attached hydrogens (tertiary/aromatic N) is 2. The van der Waals surface area contributed by atoms with Crippen molar-refractivity contribution in [2.45, 2.75) is 57.5 Å². The van der Waals surface area contributed by atoms with Gasteiger partial charge in [0.15, 0.2) is 0 Å². The molecular formula is C32H31F3N2O5. The second-order valence-corrected chi connectivity index (χ2v) is 10.8. The van der Waals surface area contributed by atoms with E-state index in [0.29, 0.717) is 17.7 Å². The summed E-state index contributed by atoms with van der Waals surface area (Å²) in [6, 6.07) is 18.9.